The first-order valence-corrected chi connectivity index (χ1v) is 9.23. The quantitative estimate of drug-likeness (QED) is 0.456. The van der Waals surface area contributed by atoms with E-state index < -0.39 is 0 Å². The van der Waals surface area contributed by atoms with Crippen molar-refractivity contribution in [2.24, 2.45) is 5.10 Å². The van der Waals surface area contributed by atoms with Gasteiger partial charge in [-0.2, -0.15) is 10.2 Å². The Morgan fingerprint density at radius 3 is 2.70 bits per heavy atom. The van der Waals surface area contributed by atoms with Crippen molar-refractivity contribution in [1.82, 2.24) is 15.2 Å². The number of halogens is 2. The van der Waals surface area contributed by atoms with Crippen molar-refractivity contribution in [3.05, 3.63) is 75.5 Å². The van der Waals surface area contributed by atoms with E-state index in [2.05, 4.69) is 31.6 Å². The fourth-order valence-electron chi connectivity index (χ4n) is 2.30. The Morgan fingerprint density at radius 1 is 1.26 bits per heavy atom. The minimum absolute atomic E-state index is 0.157. The molecule has 0 spiro atoms. The van der Waals surface area contributed by atoms with Gasteiger partial charge < -0.3 is 4.74 Å². The summed E-state index contributed by atoms with van der Waals surface area (Å²) < 4.78 is 7.83. The highest BCUT2D eigenvalue weighted by Gasteiger charge is 2.13. The Labute approximate surface area is 169 Å². The summed E-state index contributed by atoms with van der Waals surface area (Å²) in [5.74, 6) is 0.200. The van der Waals surface area contributed by atoms with E-state index in [0.717, 1.165) is 10.2 Å². The van der Waals surface area contributed by atoms with Gasteiger partial charge in [0, 0.05) is 0 Å². The molecule has 0 saturated carbocycles. The Morgan fingerprint density at radius 2 is 1.96 bits per heavy atom. The van der Waals surface area contributed by atoms with Crippen molar-refractivity contribution >= 4 is 39.7 Å². The van der Waals surface area contributed by atoms with Gasteiger partial charge >= 0.3 is 0 Å². The van der Waals surface area contributed by atoms with Crippen molar-refractivity contribution in [1.29, 1.82) is 0 Å². The van der Waals surface area contributed by atoms with E-state index in [0.29, 0.717) is 22.2 Å². The Balaban J connectivity index is 1.62. The van der Waals surface area contributed by atoms with Crippen molar-refractivity contribution in [3.8, 4) is 11.4 Å². The highest BCUT2D eigenvalue weighted by atomic mass is 79.9. The third-order valence-electron chi connectivity index (χ3n) is 3.63. The SMILES string of the molecule is Cc1nn(-c2ccccc2)c(Cl)c1/C=N/NC(=O)COc1ccccc1Br. The average molecular weight is 448 g/mol. The minimum atomic E-state index is -0.383. The van der Waals surface area contributed by atoms with Crippen LogP contribution in [0, 0.1) is 6.92 Å². The molecule has 1 aromatic heterocycles. The van der Waals surface area contributed by atoms with Crippen molar-refractivity contribution in [2.45, 2.75) is 6.92 Å². The molecule has 0 unspecified atom stereocenters. The van der Waals surface area contributed by atoms with E-state index in [-0.39, 0.29) is 12.5 Å². The van der Waals surface area contributed by atoms with Crippen LogP contribution in [-0.4, -0.2) is 28.5 Å². The van der Waals surface area contributed by atoms with Gasteiger partial charge in [0.05, 0.1) is 27.6 Å². The van der Waals surface area contributed by atoms with Gasteiger partial charge in [-0.15, -0.1) is 0 Å². The molecule has 27 heavy (non-hydrogen) atoms. The third-order valence-corrected chi connectivity index (χ3v) is 4.65. The van der Waals surface area contributed by atoms with E-state index in [1.165, 1.54) is 6.21 Å². The predicted molar refractivity (Wildman–Crippen MR) is 109 cm³/mol. The molecule has 0 saturated heterocycles. The fraction of sp³-hybridized carbons (Fsp3) is 0.105. The third kappa shape index (κ3) is 4.75. The number of nitrogens with zero attached hydrogens (tertiary/aromatic N) is 3. The van der Waals surface area contributed by atoms with Crippen LogP contribution in [0.1, 0.15) is 11.3 Å². The Bertz CT molecular complexity index is 973. The molecule has 8 heteroatoms. The number of aryl methyl sites for hydroxylation is 1. The number of ether oxygens (including phenoxy) is 1. The smallest absolute Gasteiger partial charge is 0.277 e. The van der Waals surface area contributed by atoms with Crippen LogP contribution in [0.3, 0.4) is 0 Å². The highest BCUT2D eigenvalue weighted by Crippen LogP contribution is 2.23. The fourth-order valence-corrected chi connectivity index (χ4v) is 3.02. The van der Waals surface area contributed by atoms with Crippen molar-refractivity contribution in [3.63, 3.8) is 0 Å². The zero-order chi connectivity index (χ0) is 19.2. The Kier molecular flexibility index (Phi) is 6.26. The van der Waals surface area contributed by atoms with E-state index in [4.69, 9.17) is 16.3 Å². The van der Waals surface area contributed by atoms with Gasteiger partial charge in [0.25, 0.3) is 5.91 Å². The lowest BCUT2D eigenvalue weighted by atomic mass is 10.3. The molecule has 0 aliphatic rings. The molecule has 2 aromatic carbocycles. The Hall–Kier alpha value is -2.64. The van der Waals surface area contributed by atoms with Gasteiger partial charge in [-0.1, -0.05) is 41.9 Å². The number of carbonyl (C=O) groups is 1. The van der Waals surface area contributed by atoms with Gasteiger partial charge in [-0.3, -0.25) is 4.79 Å². The second-order valence-electron chi connectivity index (χ2n) is 5.55. The second-order valence-corrected chi connectivity index (χ2v) is 6.76. The number of carbonyl (C=O) groups excluding carboxylic acids is 1. The van der Waals surface area contributed by atoms with Crippen LogP contribution in [0.2, 0.25) is 5.15 Å². The number of para-hydroxylation sites is 2. The molecule has 3 aromatic rings. The van der Waals surface area contributed by atoms with Crippen LogP contribution in [-0.2, 0) is 4.79 Å². The summed E-state index contributed by atoms with van der Waals surface area (Å²) in [5.41, 5.74) is 4.59. The number of hydrogen-bond donors (Lipinski definition) is 1. The molecule has 1 heterocycles. The van der Waals surface area contributed by atoms with E-state index >= 15 is 0 Å². The molecular weight excluding hydrogens is 432 g/mol. The molecule has 1 N–H and O–H groups in total. The zero-order valence-corrected chi connectivity index (χ0v) is 16.7. The minimum Gasteiger partial charge on any atom is -0.483 e. The molecule has 0 atom stereocenters. The number of rotatable bonds is 6. The number of aromatic nitrogens is 2. The number of hydrogen-bond acceptors (Lipinski definition) is 4. The maximum Gasteiger partial charge on any atom is 0.277 e. The number of hydrazone groups is 1. The van der Waals surface area contributed by atoms with Crippen LogP contribution < -0.4 is 10.2 Å². The first kappa shape index (κ1) is 19.1. The number of amides is 1. The highest BCUT2D eigenvalue weighted by molar-refractivity contribution is 9.10. The molecule has 0 aliphatic carbocycles. The zero-order valence-electron chi connectivity index (χ0n) is 14.4. The van der Waals surface area contributed by atoms with Gasteiger partial charge in [0.1, 0.15) is 10.9 Å². The van der Waals surface area contributed by atoms with Gasteiger partial charge in [0.15, 0.2) is 6.61 Å². The summed E-state index contributed by atoms with van der Waals surface area (Å²) in [6.45, 7) is 1.67. The average Bonchev–Trinajstić information content (AvgIpc) is 2.96. The first-order valence-electron chi connectivity index (χ1n) is 8.06. The lowest BCUT2D eigenvalue weighted by Gasteiger charge is -2.06. The molecule has 0 radical (unpaired) electrons. The molecule has 138 valence electrons. The summed E-state index contributed by atoms with van der Waals surface area (Å²) in [5, 5.41) is 8.78. The lowest BCUT2D eigenvalue weighted by molar-refractivity contribution is -0.123. The molecule has 0 fully saturated rings. The molecule has 0 bridgehead atoms. The van der Waals surface area contributed by atoms with Gasteiger partial charge in [0.2, 0.25) is 0 Å². The van der Waals surface area contributed by atoms with Crippen molar-refractivity contribution in [2.75, 3.05) is 6.61 Å². The largest absolute Gasteiger partial charge is 0.483 e. The van der Waals surface area contributed by atoms with Crippen molar-refractivity contribution < 1.29 is 9.53 Å². The van der Waals surface area contributed by atoms with Crippen LogP contribution in [0.15, 0.2) is 64.2 Å². The van der Waals surface area contributed by atoms with E-state index in [9.17, 15) is 4.79 Å². The monoisotopic (exact) mass is 446 g/mol. The standard InChI is InChI=1S/C19H16BrClN4O2/c1-13-15(19(21)25(24-13)14-7-3-2-4-8-14)11-22-23-18(26)12-27-17-10-6-5-9-16(17)20/h2-11H,12H2,1H3,(H,23,26)/b22-11+. The lowest BCUT2D eigenvalue weighted by Crippen LogP contribution is -2.24. The molecule has 6 nitrogen and oxygen atoms in total. The normalized spacial score (nSPS) is 10.9. The summed E-state index contributed by atoms with van der Waals surface area (Å²) in [6.07, 6.45) is 1.47. The van der Waals surface area contributed by atoms with E-state index in [1.54, 1.807) is 10.7 Å². The predicted octanol–water partition coefficient (Wildman–Crippen LogP) is 4.13. The molecular formula is C19H16BrClN4O2. The van der Waals surface area contributed by atoms with Crippen LogP contribution in [0.25, 0.3) is 5.69 Å². The maximum atomic E-state index is 11.9. The van der Waals surface area contributed by atoms with Gasteiger partial charge in [-0.05, 0) is 47.1 Å². The summed E-state index contributed by atoms with van der Waals surface area (Å²) in [7, 11) is 0. The second kappa shape index (κ2) is 8.83. The maximum absolute atomic E-state index is 11.9. The van der Waals surface area contributed by atoms with Crippen LogP contribution >= 0.6 is 27.5 Å². The summed E-state index contributed by atoms with van der Waals surface area (Å²) in [4.78, 5) is 11.9. The summed E-state index contributed by atoms with van der Waals surface area (Å²) in [6, 6.07) is 16.8. The number of nitrogens with one attached hydrogen (secondary N) is 1. The molecule has 3 rings (SSSR count). The van der Waals surface area contributed by atoms with Crippen LogP contribution in [0.5, 0.6) is 5.75 Å². The first-order chi connectivity index (χ1) is 13.1. The van der Waals surface area contributed by atoms with Gasteiger partial charge in [-0.25, -0.2) is 10.1 Å². The van der Waals surface area contributed by atoms with Crippen LogP contribution in [0.4, 0.5) is 0 Å². The molecule has 0 aliphatic heterocycles. The summed E-state index contributed by atoms with van der Waals surface area (Å²) >= 11 is 9.76. The molecule has 1 amide bonds. The topological polar surface area (TPSA) is 68.5 Å². The number of benzene rings is 2. The van der Waals surface area contributed by atoms with E-state index in [1.807, 2.05) is 55.5 Å².